The van der Waals surface area contributed by atoms with Crippen LogP contribution in [-0.2, 0) is 4.79 Å². The minimum atomic E-state index is -0.354. The van der Waals surface area contributed by atoms with Crippen LogP contribution in [0.3, 0.4) is 0 Å². The second-order valence-electron chi connectivity index (χ2n) is 7.28. The topological polar surface area (TPSA) is 44.4 Å². The molecule has 2 N–H and O–H groups in total. The lowest BCUT2D eigenvalue weighted by atomic mass is 10.1. The quantitative estimate of drug-likeness (QED) is 0.689. The number of carbonyl (C=O) groups is 1. The summed E-state index contributed by atoms with van der Waals surface area (Å²) in [5, 5.41) is 5.92. The molecular weight excluding hydrogens is 341 g/mol. The molecule has 1 heterocycles. The van der Waals surface area contributed by atoms with E-state index in [4.69, 9.17) is 0 Å². The van der Waals surface area contributed by atoms with Crippen molar-refractivity contribution in [3.63, 3.8) is 0 Å². The lowest BCUT2D eigenvalue weighted by Crippen LogP contribution is -2.26. The van der Waals surface area contributed by atoms with E-state index >= 15 is 0 Å². The minimum absolute atomic E-state index is 0.224. The molecule has 4 rings (SSSR count). The highest BCUT2D eigenvalue weighted by atomic mass is 19.1. The Morgan fingerprint density at radius 1 is 1.22 bits per heavy atom. The van der Waals surface area contributed by atoms with E-state index in [0.29, 0.717) is 16.8 Å². The van der Waals surface area contributed by atoms with Crippen molar-refractivity contribution in [1.82, 2.24) is 0 Å². The number of hydrogen-bond donors (Lipinski definition) is 2. The standard InChI is InChI=1S/C22H24FN3O/c1-2-11-26(14-15-3-4-15)18-8-6-17(7-9-18)24-13-20-19-12-16(23)5-10-21(19)25-22(20)27/h5-10,12-13,15,24H,2-4,11,14H2,1H3,(H,25,27). The third kappa shape index (κ3) is 3.97. The van der Waals surface area contributed by atoms with Crippen molar-refractivity contribution in [1.29, 1.82) is 0 Å². The van der Waals surface area contributed by atoms with Crippen molar-refractivity contribution in [3.8, 4) is 0 Å². The van der Waals surface area contributed by atoms with Crippen LogP contribution in [0.4, 0.5) is 21.5 Å². The molecule has 1 fully saturated rings. The van der Waals surface area contributed by atoms with Gasteiger partial charge in [0.25, 0.3) is 5.91 Å². The predicted octanol–water partition coefficient (Wildman–Crippen LogP) is 4.86. The molecule has 140 valence electrons. The summed E-state index contributed by atoms with van der Waals surface area (Å²) in [6.45, 7) is 4.40. The fraction of sp³-hybridized carbons (Fsp3) is 0.318. The molecule has 2 aromatic rings. The van der Waals surface area contributed by atoms with Crippen LogP contribution < -0.4 is 15.5 Å². The maximum absolute atomic E-state index is 13.5. The Hall–Kier alpha value is -2.82. The maximum atomic E-state index is 13.5. The molecule has 0 unspecified atom stereocenters. The molecule has 0 aromatic heterocycles. The Morgan fingerprint density at radius 3 is 2.70 bits per heavy atom. The number of nitrogens with one attached hydrogen (secondary N) is 2. The SMILES string of the molecule is CCCN(CC1CC1)c1ccc(NC=C2C(=O)Nc3ccc(F)cc32)cc1. The van der Waals surface area contributed by atoms with E-state index in [9.17, 15) is 9.18 Å². The molecular formula is C22H24FN3O. The monoisotopic (exact) mass is 365 g/mol. The van der Waals surface area contributed by atoms with Crippen LogP contribution in [0, 0.1) is 11.7 Å². The summed E-state index contributed by atoms with van der Waals surface area (Å²) in [4.78, 5) is 14.6. The van der Waals surface area contributed by atoms with Gasteiger partial charge in [-0.05, 0) is 67.6 Å². The average Bonchev–Trinajstić information content (AvgIpc) is 3.43. The van der Waals surface area contributed by atoms with Gasteiger partial charge < -0.3 is 15.5 Å². The first kappa shape index (κ1) is 17.6. The van der Waals surface area contributed by atoms with E-state index in [1.54, 1.807) is 12.3 Å². The van der Waals surface area contributed by atoms with E-state index in [1.807, 2.05) is 12.1 Å². The molecule has 27 heavy (non-hydrogen) atoms. The van der Waals surface area contributed by atoms with Gasteiger partial charge in [-0.2, -0.15) is 0 Å². The van der Waals surface area contributed by atoms with Gasteiger partial charge in [-0.15, -0.1) is 0 Å². The number of hydrogen-bond acceptors (Lipinski definition) is 3. The second kappa shape index (κ2) is 7.43. The fourth-order valence-corrected chi connectivity index (χ4v) is 3.44. The molecule has 2 aromatic carbocycles. The number of halogens is 1. The molecule has 0 bridgehead atoms. The van der Waals surface area contributed by atoms with Gasteiger partial charge in [-0.25, -0.2) is 4.39 Å². The van der Waals surface area contributed by atoms with Crippen LogP contribution in [0.25, 0.3) is 5.57 Å². The van der Waals surface area contributed by atoms with Crippen LogP contribution in [0.2, 0.25) is 0 Å². The van der Waals surface area contributed by atoms with E-state index in [-0.39, 0.29) is 11.7 Å². The van der Waals surface area contributed by atoms with E-state index in [2.05, 4.69) is 34.6 Å². The van der Waals surface area contributed by atoms with E-state index in [0.717, 1.165) is 31.1 Å². The van der Waals surface area contributed by atoms with Crippen molar-refractivity contribution in [2.24, 2.45) is 5.92 Å². The molecule has 0 radical (unpaired) electrons. The first-order valence-electron chi connectivity index (χ1n) is 9.57. The summed E-state index contributed by atoms with van der Waals surface area (Å²) >= 11 is 0. The summed E-state index contributed by atoms with van der Waals surface area (Å²) in [5.74, 6) is 0.269. The molecule has 0 spiro atoms. The highest BCUT2D eigenvalue weighted by molar-refractivity contribution is 6.31. The van der Waals surface area contributed by atoms with Crippen LogP contribution in [0.1, 0.15) is 31.7 Å². The van der Waals surface area contributed by atoms with Crippen molar-refractivity contribution in [2.75, 3.05) is 28.6 Å². The number of nitrogens with zero attached hydrogens (tertiary/aromatic N) is 1. The molecule has 1 amide bonds. The Balaban J connectivity index is 1.48. The Kier molecular flexibility index (Phi) is 4.84. The lowest BCUT2D eigenvalue weighted by molar-refractivity contribution is -0.110. The lowest BCUT2D eigenvalue weighted by Gasteiger charge is -2.24. The number of benzene rings is 2. The minimum Gasteiger partial charge on any atom is -0.371 e. The van der Waals surface area contributed by atoms with Crippen molar-refractivity contribution in [2.45, 2.75) is 26.2 Å². The Bertz CT molecular complexity index is 872. The van der Waals surface area contributed by atoms with Gasteiger partial charge >= 0.3 is 0 Å². The van der Waals surface area contributed by atoms with Gasteiger partial charge in [-0.1, -0.05) is 6.92 Å². The average molecular weight is 365 g/mol. The summed E-state index contributed by atoms with van der Waals surface area (Å²) in [6, 6.07) is 12.6. The zero-order chi connectivity index (χ0) is 18.8. The van der Waals surface area contributed by atoms with Crippen LogP contribution >= 0.6 is 0 Å². The van der Waals surface area contributed by atoms with Gasteiger partial charge in [0.15, 0.2) is 0 Å². The molecule has 2 aliphatic rings. The summed E-state index contributed by atoms with van der Waals surface area (Å²) in [7, 11) is 0. The third-order valence-electron chi connectivity index (χ3n) is 5.05. The number of carbonyl (C=O) groups excluding carboxylic acids is 1. The number of amides is 1. The fourth-order valence-electron chi connectivity index (χ4n) is 3.44. The second-order valence-corrected chi connectivity index (χ2v) is 7.28. The van der Waals surface area contributed by atoms with Crippen molar-refractivity contribution >= 4 is 28.5 Å². The zero-order valence-corrected chi connectivity index (χ0v) is 15.5. The van der Waals surface area contributed by atoms with Crippen molar-refractivity contribution < 1.29 is 9.18 Å². The van der Waals surface area contributed by atoms with Crippen molar-refractivity contribution in [3.05, 3.63) is 60.0 Å². The van der Waals surface area contributed by atoms with Gasteiger partial charge in [0.2, 0.25) is 0 Å². The zero-order valence-electron chi connectivity index (χ0n) is 15.5. The molecule has 5 heteroatoms. The smallest absolute Gasteiger partial charge is 0.257 e. The van der Waals surface area contributed by atoms with Crippen LogP contribution in [-0.4, -0.2) is 19.0 Å². The maximum Gasteiger partial charge on any atom is 0.257 e. The van der Waals surface area contributed by atoms with Gasteiger partial charge in [0, 0.05) is 41.9 Å². The first-order chi connectivity index (χ1) is 13.1. The first-order valence-corrected chi connectivity index (χ1v) is 9.57. The predicted molar refractivity (Wildman–Crippen MR) is 108 cm³/mol. The molecule has 0 atom stereocenters. The van der Waals surface area contributed by atoms with Crippen LogP contribution in [0.15, 0.2) is 48.7 Å². The highest BCUT2D eigenvalue weighted by Gasteiger charge is 2.25. The van der Waals surface area contributed by atoms with E-state index < -0.39 is 0 Å². The molecule has 4 nitrogen and oxygen atoms in total. The highest BCUT2D eigenvalue weighted by Crippen LogP contribution is 2.33. The normalized spacial score (nSPS) is 17.0. The summed E-state index contributed by atoms with van der Waals surface area (Å²) in [6.07, 6.45) is 5.46. The third-order valence-corrected chi connectivity index (χ3v) is 5.05. The number of fused-ring (bicyclic) bond motifs is 1. The molecule has 1 saturated carbocycles. The molecule has 0 saturated heterocycles. The van der Waals surface area contributed by atoms with E-state index in [1.165, 1.54) is 30.7 Å². The van der Waals surface area contributed by atoms with Crippen LogP contribution in [0.5, 0.6) is 0 Å². The Labute approximate surface area is 159 Å². The summed E-state index contributed by atoms with van der Waals surface area (Å²) in [5.41, 5.74) is 3.79. The van der Waals surface area contributed by atoms with Gasteiger partial charge in [0.1, 0.15) is 5.82 Å². The molecule has 1 aliphatic carbocycles. The number of rotatable bonds is 7. The number of anilines is 3. The Morgan fingerprint density at radius 2 is 2.00 bits per heavy atom. The largest absolute Gasteiger partial charge is 0.371 e. The van der Waals surface area contributed by atoms with Gasteiger partial charge in [-0.3, -0.25) is 4.79 Å². The molecule has 1 aliphatic heterocycles. The summed E-state index contributed by atoms with van der Waals surface area (Å²) < 4.78 is 13.5. The van der Waals surface area contributed by atoms with Gasteiger partial charge in [0.05, 0.1) is 5.57 Å².